The van der Waals surface area contributed by atoms with E-state index in [0.717, 1.165) is 63.7 Å². The number of nitrogens with zero attached hydrogens (tertiary/aromatic N) is 3. The normalized spacial score (nSPS) is 28.4. The molecule has 170 valence electrons. The maximum Gasteiger partial charge on any atom is 0.230 e. The highest BCUT2D eigenvalue weighted by molar-refractivity contribution is 5.86. The third-order valence-electron chi connectivity index (χ3n) is 7.36. The Bertz CT molecular complexity index is 964. The first-order chi connectivity index (χ1) is 15.5. The van der Waals surface area contributed by atoms with Crippen LogP contribution < -0.4 is 9.64 Å². The van der Waals surface area contributed by atoms with Gasteiger partial charge in [0.25, 0.3) is 0 Å². The number of aromatic nitrogens is 1. The summed E-state index contributed by atoms with van der Waals surface area (Å²) in [5.41, 5.74) is 0.399. The van der Waals surface area contributed by atoms with Crippen LogP contribution in [0.4, 0.5) is 10.1 Å². The van der Waals surface area contributed by atoms with E-state index < -0.39 is 5.82 Å². The molecule has 3 aliphatic rings. The van der Waals surface area contributed by atoms with Crippen molar-refractivity contribution in [3.8, 4) is 11.6 Å². The van der Waals surface area contributed by atoms with Crippen molar-refractivity contribution in [3.63, 3.8) is 0 Å². The molecule has 0 bridgehead atoms. The Labute approximate surface area is 188 Å². The number of hydrogen-bond donors (Lipinski definition) is 1. The lowest BCUT2D eigenvalue weighted by Gasteiger charge is -2.41. The van der Waals surface area contributed by atoms with Gasteiger partial charge in [-0.05, 0) is 63.1 Å². The van der Waals surface area contributed by atoms with Crippen molar-refractivity contribution >= 4 is 11.6 Å². The summed E-state index contributed by atoms with van der Waals surface area (Å²) in [5.74, 6) is 0.303. The number of piperidine rings is 1. The number of anilines is 1. The Morgan fingerprint density at radius 2 is 1.94 bits per heavy atom. The van der Waals surface area contributed by atoms with E-state index in [9.17, 15) is 14.3 Å². The molecule has 0 radical (unpaired) electrons. The fourth-order valence-corrected chi connectivity index (χ4v) is 5.59. The summed E-state index contributed by atoms with van der Waals surface area (Å²) < 4.78 is 20.4. The van der Waals surface area contributed by atoms with Gasteiger partial charge in [0, 0.05) is 49.7 Å². The number of aliphatic hydroxyl groups excluding tert-OH is 1. The van der Waals surface area contributed by atoms with Gasteiger partial charge in [0.05, 0.1) is 11.5 Å². The molecule has 2 aliphatic heterocycles. The van der Waals surface area contributed by atoms with Gasteiger partial charge in [0.2, 0.25) is 11.8 Å². The summed E-state index contributed by atoms with van der Waals surface area (Å²) in [6, 6.07) is 10.5. The van der Waals surface area contributed by atoms with Crippen LogP contribution in [0.15, 0.2) is 42.6 Å². The number of amides is 1. The van der Waals surface area contributed by atoms with Gasteiger partial charge in [0.15, 0.2) is 11.6 Å². The van der Waals surface area contributed by atoms with Gasteiger partial charge in [-0.1, -0.05) is 6.07 Å². The predicted molar refractivity (Wildman–Crippen MR) is 119 cm³/mol. The van der Waals surface area contributed by atoms with Crippen molar-refractivity contribution in [1.82, 2.24) is 9.88 Å². The highest BCUT2D eigenvalue weighted by Crippen LogP contribution is 2.43. The van der Waals surface area contributed by atoms with Crippen molar-refractivity contribution in [2.45, 2.75) is 57.1 Å². The molecule has 32 heavy (non-hydrogen) atoms. The number of hydrogen-bond acceptors (Lipinski definition) is 5. The molecule has 5 rings (SSSR count). The molecule has 1 spiro atoms. The minimum absolute atomic E-state index is 0.141. The minimum Gasteiger partial charge on any atom is -0.436 e. The van der Waals surface area contributed by atoms with Crippen LogP contribution in [0.1, 0.15) is 44.9 Å². The molecule has 1 aromatic heterocycles. The molecule has 0 unspecified atom stereocenters. The second-order valence-electron chi connectivity index (χ2n) is 9.40. The summed E-state index contributed by atoms with van der Waals surface area (Å²) in [7, 11) is 0. The van der Waals surface area contributed by atoms with Gasteiger partial charge in [-0.2, -0.15) is 0 Å². The number of halogens is 1. The van der Waals surface area contributed by atoms with Crippen LogP contribution in [0.3, 0.4) is 0 Å². The molecule has 2 saturated heterocycles. The number of pyridine rings is 1. The number of ether oxygens (including phenoxy) is 1. The average molecular weight is 440 g/mol. The number of carbonyl (C=O) groups is 1. The molecule has 7 heteroatoms. The third kappa shape index (κ3) is 4.06. The molecule has 3 heterocycles. The monoisotopic (exact) mass is 439 g/mol. The van der Waals surface area contributed by atoms with E-state index in [1.165, 1.54) is 6.07 Å². The number of benzene rings is 1. The van der Waals surface area contributed by atoms with Crippen LogP contribution in [-0.2, 0) is 4.79 Å². The first-order valence-corrected chi connectivity index (χ1v) is 11.7. The Balaban J connectivity index is 1.29. The molecule has 1 atom stereocenters. The van der Waals surface area contributed by atoms with Crippen molar-refractivity contribution < 1.29 is 19.0 Å². The van der Waals surface area contributed by atoms with E-state index in [-0.39, 0.29) is 29.2 Å². The van der Waals surface area contributed by atoms with E-state index in [0.29, 0.717) is 12.4 Å². The largest absolute Gasteiger partial charge is 0.436 e. The number of carbonyl (C=O) groups excluding carboxylic acids is 1. The lowest BCUT2D eigenvalue weighted by molar-refractivity contribution is -0.139. The van der Waals surface area contributed by atoms with Crippen LogP contribution in [0.2, 0.25) is 0 Å². The molecular weight excluding hydrogens is 409 g/mol. The van der Waals surface area contributed by atoms with Gasteiger partial charge < -0.3 is 19.6 Å². The van der Waals surface area contributed by atoms with Crippen LogP contribution in [0, 0.1) is 11.2 Å². The van der Waals surface area contributed by atoms with Gasteiger partial charge in [-0.3, -0.25) is 4.79 Å². The molecule has 1 N–H and O–H groups in total. The topological polar surface area (TPSA) is 65.9 Å². The highest BCUT2D eigenvalue weighted by atomic mass is 19.1. The van der Waals surface area contributed by atoms with Crippen LogP contribution in [-0.4, -0.2) is 52.7 Å². The molecule has 2 aromatic rings. The molecule has 1 amide bonds. The summed E-state index contributed by atoms with van der Waals surface area (Å²) in [6.07, 6.45) is 7.36. The summed E-state index contributed by atoms with van der Waals surface area (Å²) in [6.45, 7) is 2.22. The fourth-order valence-electron chi connectivity index (χ4n) is 5.59. The fraction of sp³-hybridized carbons (Fsp3) is 0.520. The predicted octanol–water partition coefficient (Wildman–Crippen LogP) is 4.14. The second kappa shape index (κ2) is 8.70. The first-order valence-electron chi connectivity index (χ1n) is 11.7. The Hall–Kier alpha value is -2.67. The maximum atomic E-state index is 14.8. The Morgan fingerprint density at radius 1 is 1.09 bits per heavy atom. The molecular formula is C25H30FN3O3. The van der Waals surface area contributed by atoms with Crippen LogP contribution in [0.25, 0.3) is 0 Å². The summed E-state index contributed by atoms with van der Waals surface area (Å²) in [5, 5.41) is 9.81. The lowest BCUT2D eigenvalue weighted by atomic mass is 9.78. The standard InChI is InChI=1S/C25H30FN3O3/c26-21-16-19(7-10-22(21)32-23-4-1-2-13-27-23)28-14-3-11-25(17-28)12-15-29(24(25)31)18-5-8-20(30)9-6-18/h1-2,4,7,10,13,16,18,20,30H,3,5-6,8-9,11-12,14-15,17H2/t18?,20?,25-/m1/s1. The van der Waals surface area contributed by atoms with E-state index in [4.69, 9.17) is 4.74 Å². The number of likely N-dealkylation sites (tertiary alicyclic amines) is 1. The number of rotatable bonds is 4. The molecule has 1 aliphatic carbocycles. The van der Waals surface area contributed by atoms with E-state index in [2.05, 4.69) is 14.8 Å². The zero-order valence-electron chi connectivity index (χ0n) is 18.3. The van der Waals surface area contributed by atoms with E-state index in [1.54, 1.807) is 30.5 Å². The minimum atomic E-state index is -0.437. The van der Waals surface area contributed by atoms with Crippen LogP contribution in [0.5, 0.6) is 11.6 Å². The maximum absolute atomic E-state index is 14.8. The Morgan fingerprint density at radius 3 is 2.69 bits per heavy atom. The SMILES string of the molecule is O=C1N(C2CCC(O)CC2)CC[C@@]12CCCN(c1ccc(Oc3ccccn3)c(F)c1)C2. The smallest absolute Gasteiger partial charge is 0.230 e. The average Bonchev–Trinajstić information content (AvgIpc) is 3.12. The second-order valence-corrected chi connectivity index (χ2v) is 9.40. The van der Waals surface area contributed by atoms with Gasteiger partial charge >= 0.3 is 0 Å². The van der Waals surface area contributed by atoms with Gasteiger partial charge in [0.1, 0.15) is 0 Å². The Kier molecular flexibility index (Phi) is 5.76. The number of aliphatic hydroxyl groups is 1. The van der Waals surface area contributed by atoms with Crippen LogP contribution >= 0.6 is 0 Å². The summed E-state index contributed by atoms with van der Waals surface area (Å²) >= 11 is 0. The van der Waals surface area contributed by atoms with Gasteiger partial charge in [-0.25, -0.2) is 9.37 Å². The van der Waals surface area contributed by atoms with Gasteiger partial charge in [-0.15, -0.1) is 0 Å². The zero-order valence-corrected chi connectivity index (χ0v) is 18.3. The first kappa shape index (κ1) is 21.2. The van der Waals surface area contributed by atoms with Crippen molar-refractivity contribution in [1.29, 1.82) is 0 Å². The van der Waals surface area contributed by atoms with Crippen molar-refractivity contribution in [3.05, 3.63) is 48.4 Å². The molecule has 1 aromatic carbocycles. The van der Waals surface area contributed by atoms with Crippen molar-refractivity contribution in [2.24, 2.45) is 5.41 Å². The van der Waals surface area contributed by atoms with E-state index >= 15 is 0 Å². The molecule has 3 fully saturated rings. The quantitative estimate of drug-likeness (QED) is 0.776. The molecule has 1 saturated carbocycles. The summed E-state index contributed by atoms with van der Waals surface area (Å²) in [4.78, 5) is 21.8. The zero-order chi connectivity index (χ0) is 22.1. The third-order valence-corrected chi connectivity index (χ3v) is 7.36. The van der Waals surface area contributed by atoms with Crippen molar-refractivity contribution in [2.75, 3.05) is 24.5 Å². The lowest BCUT2D eigenvalue weighted by Crippen LogP contribution is -2.50. The van der Waals surface area contributed by atoms with E-state index in [1.807, 2.05) is 6.07 Å². The highest BCUT2D eigenvalue weighted by Gasteiger charge is 2.50. The molecule has 6 nitrogen and oxygen atoms in total.